The summed E-state index contributed by atoms with van der Waals surface area (Å²) in [5.74, 6) is -0.213. The first-order valence-corrected chi connectivity index (χ1v) is 11.0. The molecule has 0 saturated carbocycles. The monoisotopic (exact) mass is 421 g/mol. The number of hydrogen-bond donors (Lipinski definition) is 2. The van der Waals surface area contributed by atoms with Gasteiger partial charge >= 0.3 is 0 Å². The lowest BCUT2D eigenvalue weighted by Gasteiger charge is -2.07. The van der Waals surface area contributed by atoms with Crippen molar-refractivity contribution in [1.82, 2.24) is 4.98 Å². The third kappa shape index (κ3) is 5.53. The van der Waals surface area contributed by atoms with Crippen LogP contribution in [0, 0.1) is 0 Å². The van der Waals surface area contributed by atoms with Crippen molar-refractivity contribution in [2.45, 2.75) is 6.42 Å². The van der Waals surface area contributed by atoms with Gasteiger partial charge in [0.25, 0.3) is 0 Å². The minimum Gasteiger partial charge on any atom is -0.326 e. The molecule has 6 nitrogen and oxygen atoms in total. The number of anilines is 2. The van der Waals surface area contributed by atoms with Crippen LogP contribution in [-0.4, -0.2) is 25.6 Å². The first kappa shape index (κ1) is 19.3. The summed E-state index contributed by atoms with van der Waals surface area (Å²) >= 11 is 7.61. The number of nitrogens with one attached hydrogen (secondary N) is 2. The van der Waals surface area contributed by atoms with Crippen molar-refractivity contribution >= 4 is 50.2 Å². The first-order valence-electron chi connectivity index (χ1n) is 7.87. The number of aromatic nitrogens is 1. The molecule has 3 rings (SSSR count). The van der Waals surface area contributed by atoms with Gasteiger partial charge in [-0.3, -0.25) is 9.52 Å². The lowest BCUT2D eigenvalue weighted by Crippen LogP contribution is -2.14. The zero-order chi connectivity index (χ0) is 19.4. The van der Waals surface area contributed by atoms with Crippen LogP contribution in [0.4, 0.5) is 11.4 Å². The molecule has 0 fully saturated rings. The summed E-state index contributed by atoms with van der Waals surface area (Å²) in [7, 11) is -3.33. The van der Waals surface area contributed by atoms with Crippen LogP contribution in [0.1, 0.15) is 5.69 Å². The van der Waals surface area contributed by atoms with E-state index in [0.717, 1.165) is 16.8 Å². The third-order valence-electron chi connectivity index (χ3n) is 3.47. The minimum absolute atomic E-state index is 0.129. The highest BCUT2D eigenvalue weighted by atomic mass is 35.5. The molecule has 2 N–H and O–H groups in total. The maximum absolute atomic E-state index is 12.2. The summed E-state index contributed by atoms with van der Waals surface area (Å²) in [6, 6.07) is 13.8. The van der Waals surface area contributed by atoms with E-state index < -0.39 is 10.0 Å². The number of rotatable bonds is 6. The highest BCUT2D eigenvalue weighted by Crippen LogP contribution is 2.30. The van der Waals surface area contributed by atoms with Crippen LogP contribution in [0.2, 0.25) is 5.02 Å². The van der Waals surface area contributed by atoms with Crippen LogP contribution >= 0.6 is 22.9 Å². The van der Waals surface area contributed by atoms with Crippen LogP contribution in [-0.2, 0) is 21.2 Å². The Bertz CT molecular complexity index is 1060. The predicted octanol–water partition coefficient (Wildman–Crippen LogP) is 4.02. The van der Waals surface area contributed by atoms with E-state index in [9.17, 15) is 13.2 Å². The molecule has 1 amide bonds. The number of carbonyl (C=O) groups is 1. The van der Waals surface area contributed by atoms with Gasteiger partial charge < -0.3 is 5.32 Å². The number of amides is 1. The third-order valence-corrected chi connectivity index (χ3v) is 5.33. The van der Waals surface area contributed by atoms with Crippen LogP contribution in [0.5, 0.6) is 0 Å². The van der Waals surface area contributed by atoms with Crippen molar-refractivity contribution in [2.24, 2.45) is 0 Å². The van der Waals surface area contributed by atoms with Gasteiger partial charge in [-0.15, -0.1) is 11.3 Å². The highest BCUT2D eigenvalue weighted by Gasteiger charge is 2.11. The van der Waals surface area contributed by atoms with Crippen LogP contribution in [0.25, 0.3) is 10.6 Å². The number of thiazole rings is 1. The Morgan fingerprint density at radius 2 is 1.78 bits per heavy atom. The molecule has 1 heterocycles. The van der Waals surface area contributed by atoms with Crippen molar-refractivity contribution in [2.75, 3.05) is 16.3 Å². The lowest BCUT2D eigenvalue weighted by molar-refractivity contribution is -0.115. The minimum atomic E-state index is -3.33. The molecule has 27 heavy (non-hydrogen) atoms. The maximum Gasteiger partial charge on any atom is 0.230 e. The molecular weight excluding hydrogens is 406 g/mol. The molecule has 0 aliphatic heterocycles. The van der Waals surface area contributed by atoms with Crippen molar-refractivity contribution in [1.29, 1.82) is 0 Å². The van der Waals surface area contributed by atoms with Crippen LogP contribution in [0.15, 0.2) is 53.9 Å². The Balaban J connectivity index is 1.62. The van der Waals surface area contributed by atoms with E-state index in [1.165, 1.54) is 11.3 Å². The van der Waals surface area contributed by atoms with E-state index in [1.807, 2.05) is 23.6 Å². The fourth-order valence-electron chi connectivity index (χ4n) is 2.35. The normalized spacial score (nSPS) is 11.2. The Hall–Kier alpha value is -2.42. The molecular formula is C18H16ClN3O3S2. The molecule has 0 bridgehead atoms. The average molecular weight is 422 g/mol. The van der Waals surface area contributed by atoms with Gasteiger partial charge in [-0.2, -0.15) is 0 Å². The number of halogens is 1. The van der Waals surface area contributed by atoms with Gasteiger partial charge in [-0.25, -0.2) is 13.4 Å². The average Bonchev–Trinajstić information content (AvgIpc) is 3.04. The van der Waals surface area contributed by atoms with Crippen LogP contribution in [0.3, 0.4) is 0 Å². The van der Waals surface area contributed by atoms with Crippen molar-refractivity contribution in [3.63, 3.8) is 0 Å². The fourth-order valence-corrected chi connectivity index (χ4v) is 4.06. The molecule has 2 aromatic carbocycles. The van der Waals surface area contributed by atoms with E-state index >= 15 is 0 Å². The Morgan fingerprint density at radius 3 is 2.44 bits per heavy atom. The molecule has 3 aromatic rings. The summed E-state index contributed by atoms with van der Waals surface area (Å²) in [6.07, 6.45) is 1.21. The lowest BCUT2D eigenvalue weighted by atomic mass is 10.2. The van der Waals surface area contributed by atoms with Crippen molar-refractivity contribution in [3.8, 4) is 10.6 Å². The van der Waals surface area contributed by atoms with Gasteiger partial charge in [-0.05, 0) is 30.3 Å². The quantitative estimate of drug-likeness (QED) is 0.629. The SMILES string of the molecule is CS(=O)(=O)Nc1ccc(NC(=O)Cc2csc(-c3ccccc3Cl)n2)cc1. The standard InChI is InChI=1S/C18H16ClN3O3S2/c1-27(24,25)22-13-8-6-12(7-9-13)20-17(23)10-14-11-26-18(21-14)15-4-2-3-5-16(15)19/h2-9,11,22H,10H2,1H3,(H,20,23). The Labute approximate surface area is 166 Å². The number of hydrogen-bond acceptors (Lipinski definition) is 5. The summed E-state index contributed by atoms with van der Waals surface area (Å²) < 4.78 is 24.8. The molecule has 0 aliphatic carbocycles. The van der Waals surface area contributed by atoms with Gasteiger partial charge in [-0.1, -0.05) is 29.8 Å². The Kier molecular flexibility index (Phi) is 5.79. The van der Waals surface area contributed by atoms with E-state index in [1.54, 1.807) is 30.3 Å². The van der Waals surface area contributed by atoms with E-state index in [4.69, 9.17) is 11.6 Å². The zero-order valence-corrected chi connectivity index (χ0v) is 16.7. The maximum atomic E-state index is 12.2. The molecule has 0 unspecified atom stereocenters. The van der Waals surface area contributed by atoms with Gasteiger partial charge in [0.1, 0.15) is 5.01 Å². The number of benzene rings is 2. The summed E-state index contributed by atoms with van der Waals surface area (Å²) in [6.45, 7) is 0. The molecule has 140 valence electrons. The Morgan fingerprint density at radius 1 is 1.11 bits per heavy atom. The van der Waals surface area contributed by atoms with Gasteiger partial charge in [0.2, 0.25) is 15.9 Å². The van der Waals surface area contributed by atoms with Gasteiger partial charge in [0.05, 0.1) is 23.4 Å². The second-order valence-corrected chi connectivity index (χ2v) is 8.81. The summed E-state index contributed by atoms with van der Waals surface area (Å²) in [5, 5.41) is 5.97. The molecule has 0 atom stereocenters. The topological polar surface area (TPSA) is 88.2 Å². The zero-order valence-electron chi connectivity index (χ0n) is 14.3. The number of nitrogens with zero attached hydrogens (tertiary/aromatic N) is 1. The molecule has 0 saturated heterocycles. The fraction of sp³-hybridized carbons (Fsp3) is 0.111. The predicted molar refractivity (Wildman–Crippen MR) is 110 cm³/mol. The summed E-state index contributed by atoms with van der Waals surface area (Å²) in [5.41, 5.74) is 2.49. The second-order valence-electron chi connectivity index (χ2n) is 5.80. The van der Waals surface area contributed by atoms with Crippen molar-refractivity contribution < 1.29 is 13.2 Å². The van der Waals surface area contributed by atoms with Crippen LogP contribution < -0.4 is 10.0 Å². The van der Waals surface area contributed by atoms with Gasteiger partial charge in [0.15, 0.2) is 0 Å². The molecule has 0 radical (unpaired) electrons. The second kappa shape index (κ2) is 8.08. The van der Waals surface area contributed by atoms with E-state index in [2.05, 4.69) is 15.0 Å². The molecule has 1 aromatic heterocycles. The summed E-state index contributed by atoms with van der Waals surface area (Å²) in [4.78, 5) is 16.7. The number of sulfonamides is 1. The first-order chi connectivity index (χ1) is 12.8. The van der Waals surface area contributed by atoms with E-state index in [-0.39, 0.29) is 12.3 Å². The van der Waals surface area contributed by atoms with Crippen molar-refractivity contribution in [3.05, 3.63) is 64.6 Å². The largest absolute Gasteiger partial charge is 0.326 e. The smallest absolute Gasteiger partial charge is 0.230 e. The van der Waals surface area contributed by atoms with E-state index in [0.29, 0.717) is 22.1 Å². The highest BCUT2D eigenvalue weighted by molar-refractivity contribution is 7.92. The molecule has 9 heteroatoms. The number of carbonyl (C=O) groups excluding carboxylic acids is 1. The van der Waals surface area contributed by atoms with Gasteiger partial charge in [0, 0.05) is 22.3 Å². The molecule has 0 aliphatic rings. The molecule has 0 spiro atoms.